The van der Waals surface area contributed by atoms with E-state index >= 15 is 0 Å². The van der Waals surface area contributed by atoms with Crippen molar-refractivity contribution in [3.8, 4) is 17.1 Å². The van der Waals surface area contributed by atoms with Gasteiger partial charge in [0.1, 0.15) is 41.8 Å². The number of benzene rings is 3. The van der Waals surface area contributed by atoms with E-state index in [1.807, 2.05) is 36.4 Å². The van der Waals surface area contributed by atoms with Crippen LogP contribution in [0.1, 0.15) is 11.3 Å². The Bertz CT molecular complexity index is 1590. The molecule has 6 rings (SSSR count). The Morgan fingerprint density at radius 3 is 2.76 bits per heavy atom. The molecule has 0 spiro atoms. The van der Waals surface area contributed by atoms with Crippen molar-refractivity contribution in [2.75, 3.05) is 18.4 Å². The summed E-state index contributed by atoms with van der Waals surface area (Å²) in [5.74, 6) is 2.53. The van der Waals surface area contributed by atoms with Crippen molar-refractivity contribution in [1.82, 2.24) is 20.6 Å². The van der Waals surface area contributed by atoms with Crippen LogP contribution in [0.4, 0.5) is 15.9 Å². The molecule has 1 aliphatic rings. The van der Waals surface area contributed by atoms with Crippen LogP contribution in [0.3, 0.4) is 0 Å². The van der Waals surface area contributed by atoms with Crippen LogP contribution in [-0.2, 0) is 13.2 Å². The molecule has 9 heteroatoms. The number of halogens is 2. The fraction of sp³-hybridized carbons (Fsp3) is 0.172. The average molecular weight is 530 g/mol. The first-order chi connectivity index (χ1) is 18.6. The van der Waals surface area contributed by atoms with E-state index in [2.05, 4.69) is 25.9 Å². The third kappa shape index (κ3) is 5.47. The number of fused-ring (bicyclic) bond motifs is 1. The van der Waals surface area contributed by atoms with Gasteiger partial charge in [-0.25, -0.2) is 14.4 Å². The van der Waals surface area contributed by atoms with Crippen molar-refractivity contribution >= 4 is 34.0 Å². The topological polar surface area (TPSA) is 84.2 Å². The summed E-state index contributed by atoms with van der Waals surface area (Å²) in [6, 6.07) is 22.1. The van der Waals surface area contributed by atoms with Crippen LogP contribution in [0.2, 0.25) is 5.02 Å². The van der Waals surface area contributed by atoms with Gasteiger partial charge in [-0.05, 0) is 66.2 Å². The summed E-state index contributed by atoms with van der Waals surface area (Å²) in [5.41, 5.74) is 3.21. The number of anilines is 2. The molecular formula is C29H25ClFN5O2. The van der Waals surface area contributed by atoms with Crippen molar-refractivity contribution in [3.63, 3.8) is 0 Å². The number of ether oxygens (including phenoxy) is 1. The summed E-state index contributed by atoms with van der Waals surface area (Å²) < 4.78 is 25.3. The Morgan fingerprint density at radius 2 is 1.95 bits per heavy atom. The van der Waals surface area contributed by atoms with Crippen LogP contribution in [0.5, 0.6) is 5.75 Å². The predicted octanol–water partition coefficient (Wildman–Crippen LogP) is 6.07. The highest BCUT2D eigenvalue weighted by Crippen LogP contribution is 2.33. The normalized spacial score (nSPS) is 13.4. The molecule has 192 valence electrons. The lowest BCUT2D eigenvalue weighted by atomic mass is 10.1. The van der Waals surface area contributed by atoms with Crippen LogP contribution in [-0.4, -0.2) is 29.1 Å². The monoisotopic (exact) mass is 529 g/mol. The Labute approximate surface area is 224 Å². The van der Waals surface area contributed by atoms with E-state index in [1.165, 1.54) is 18.5 Å². The van der Waals surface area contributed by atoms with Gasteiger partial charge in [-0.2, -0.15) is 0 Å². The molecule has 5 aromatic rings. The average Bonchev–Trinajstić information content (AvgIpc) is 3.36. The molecule has 1 aliphatic heterocycles. The van der Waals surface area contributed by atoms with Crippen molar-refractivity contribution in [1.29, 1.82) is 0 Å². The van der Waals surface area contributed by atoms with Crippen LogP contribution < -0.4 is 20.7 Å². The standard InChI is InChI=1S/C29H25ClFN5O2/c30-25-12-21(5-8-28(25)37-16-18-2-1-3-20(31)10-18)36-29-24-11-19(4-7-26(24)34-17-35-29)27-9-6-23(38-27)15-33-22-13-32-14-22/h1-12,17,22,32-33H,13-16H2,(H,34,35,36). The molecule has 0 saturated carbocycles. The number of nitrogens with zero attached hydrogens (tertiary/aromatic N) is 2. The van der Waals surface area contributed by atoms with Crippen molar-refractivity contribution in [3.05, 3.63) is 101 Å². The maximum absolute atomic E-state index is 13.4. The zero-order valence-corrected chi connectivity index (χ0v) is 21.1. The minimum absolute atomic E-state index is 0.214. The molecule has 3 heterocycles. The lowest BCUT2D eigenvalue weighted by Gasteiger charge is -2.27. The van der Waals surface area contributed by atoms with E-state index in [4.69, 9.17) is 20.8 Å². The number of nitrogens with one attached hydrogen (secondary N) is 3. The van der Waals surface area contributed by atoms with Crippen LogP contribution in [0.15, 0.2) is 83.5 Å². The molecule has 0 radical (unpaired) electrons. The van der Waals surface area contributed by atoms with Gasteiger partial charge in [-0.15, -0.1) is 0 Å². The highest BCUT2D eigenvalue weighted by Gasteiger charge is 2.16. The van der Waals surface area contributed by atoms with Gasteiger partial charge in [0, 0.05) is 35.8 Å². The molecule has 0 bridgehead atoms. The number of aromatic nitrogens is 2. The number of hydrogen-bond donors (Lipinski definition) is 3. The van der Waals surface area contributed by atoms with Crippen LogP contribution in [0.25, 0.3) is 22.2 Å². The molecule has 0 aliphatic carbocycles. The second-order valence-electron chi connectivity index (χ2n) is 9.15. The SMILES string of the molecule is Fc1cccc(COc2ccc(Nc3ncnc4ccc(-c5ccc(CNC6CNC6)o5)cc34)cc2Cl)c1. The summed E-state index contributed by atoms with van der Waals surface area (Å²) in [7, 11) is 0. The van der Waals surface area contributed by atoms with Gasteiger partial charge in [-0.3, -0.25) is 0 Å². The second kappa shape index (κ2) is 10.8. The molecule has 2 aromatic heterocycles. The van der Waals surface area contributed by atoms with Crippen LogP contribution in [0, 0.1) is 5.82 Å². The van der Waals surface area contributed by atoms with E-state index in [-0.39, 0.29) is 12.4 Å². The Hall–Kier alpha value is -3.98. The van der Waals surface area contributed by atoms with E-state index in [0.29, 0.717) is 29.2 Å². The zero-order valence-electron chi connectivity index (χ0n) is 20.4. The Balaban J connectivity index is 1.18. The quantitative estimate of drug-likeness (QED) is 0.214. The minimum Gasteiger partial charge on any atom is -0.487 e. The van der Waals surface area contributed by atoms with Crippen LogP contribution >= 0.6 is 11.6 Å². The molecule has 38 heavy (non-hydrogen) atoms. The fourth-order valence-corrected chi connectivity index (χ4v) is 4.47. The number of furan rings is 1. The molecule has 1 fully saturated rings. The first kappa shape index (κ1) is 24.4. The predicted molar refractivity (Wildman–Crippen MR) is 146 cm³/mol. The lowest BCUT2D eigenvalue weighted by Crippen LogP contribution is -2.54. The molecule has 3 N–H and O–H groups in total. The third-order valence-electron chi connectivity index (χ3n) is 6.41. The molecule has 7 nitrogen and oxygen atoms in total. The third-order valence-corrected chi connectivity index (χ3v) is 6.70. The molecule has 1 saturated heterocycles. The van der Waals surface area contributed by atoms with Gasteiger partial charge in [0.25, 0.3) is 0 Å². The van der Waals surface area contributed by atoms with Gasteiger partial charge in [0.15, 0.2) is 0 Å². The molecule has 3 aromatic carbocycles. The number of hydrogen-bond acceptors (Lipinski definition) is 7. The summed E-state index contributed by atoms with van der Waals surface area (Å²) in [4.78, 5) is 8.87. The lowest BCUT2D eigenvalue weighted by molar-refractivity contribution is 0.306. The molecular weight excluding hydrogens is 505 g/mol. The maximum atomic E-state index is 13.4. The highest BCUT2D eigenvalue weighted by molar-refractivity contribution is 6.32. The first-order valence-electron chi connectivity index (χ1n) is 12.3. The summed E-state index contributed by atoms with van der Waals surface area (Å²) in [5, 5.41) is 11.3. The zero-order chi connectivity index (χ0) is 25.9. The first-order valence-corrected chi connectivity index (χ1v) is 12.7. The van der Waals surface area contributed by atoms with E-state index in [9.17, 15) is 4.39 Å². The maximum Gasteiger partial charge on any atom is 0.141 e. The molecule has 0 unspecified atom stereocenters. The summed E-state index contributed by atoms with van der Waals surface area (Å²) in [6.45, 7) is 2.89. The van der Waals surface area contributed by atoms with E-state index in [1.54, 1.807) is 24.3 Å². The van der Waals surface area contributed by atoms with Gasteiger partial charge in [0.2, 0.25) is 0 Å². The van der Waals surface area contributed by atoms with Crippen molar-refractivity contribution in [2.45, 2.75) is 19.2 Å². The van der Waals surface area contributed by atoms with Gasteiger partial charge < -0.3 is 25.1 Å². The highest BCUT2D eigenvalue weighted by atomic mass is 35.5. The molecule has 0 atom stereocenters. The Kier molecular flexibility index (Phi) is 6.92. The fourth-order valence-electron chi connectivity index (χ4n) is 4.24. The largest absolute Gasteiger partial charge is 0.487 e. The van der Waals surface area contributed by atoms with E-state index in [0.717, 1.165) is 52.3 Å². The number of rotatable bonds is 9. The smallest absolute Gasteiger partial charge is 0.141 e. The van der Waals surface area contributed by atoms with E-state index < -0.39 is 0 Å². The summed E-state index contributed by atoms with van der Waals surface area (Å²) in [6.07, 6.45) is 1.52. The van der Waals surface area contributed by atoms with Crippen molar-refractivity contribution in [2.24, 2.45) is 0 Å². The van der Waals surface area contributed by atoms with Gasteiger partial charge >= 0.3 is 0 Å². The Morgan fingerprint density at radius 1 is 1.03 bits per heavy atom. The van der Waals surface area contributed by atoms with Crippen molar-refractivity contribution < 1.29 is 13.5 Å². The minimum atomic E-state index is -0.303. The molecule has 0 amide bonds. The summed E-state index contributed by atoms with van der Waals surface area (Å²) >= 11 is 6.48. The second-order valence-corrected chi connectivity index (χ2v) is 9.55. The van der Waals surface area contributed by atoms with Gasteiger partial charge in [-0.1, -0.05) is 23.7 Å². The van der Waals surface area contributed by atoms with Gasteiger partial charge in [0.05, 0.1) is 17.1 Å².